The van der Waals surface area contributed by atoms with Gasteiger partial charge in [-0.2, -0.15) is 0 Å². The van der Waals surface area contributed by atoms with Crippen LogP contribution in [0.1, 0.15) is 33.1 Å². The fraction of sp³-hybridized carbons (Fsp3) is 0.846. The Morgan fingerprint density at radius 3 is 2.63 bits per heavy atom. The number of primary amides is 1. The summed E-state index contributed by atoms with van der Waals surface area (Å²) in [5.74, 6) is -0.518. The van der Waals surface area contributed by atoms with Gasteiger partial charge in [0.05, 0.1) is 12.6 Å². The molecule has 3 N–H and O–H groups in total. The van der Waals surface area contributed by atoms with Crippen molar-refractivity contribution in [3.63, 3.8) is 0 Å². The van der Waals surface area contributed by atoms with E-state index >= 15 is 0 Å². The lowest BCUT2D eigenvalue weighted by atomic mass is 9.70. The van der Waals surface area contributed by atoms with Crippen LogP contribution in [0.3, 0.4) is 0 Å². The second kappa shape index (κ2) is 5.36. The summed E-state index contributed by atoms with van der Waals surface area (Å²) in [5.41, 5.74) is 5.49. The SMILES string of the molecule is C[C@@H]1CN(C(=O)NCC2(C)CCC2)C[C@@H](C(N)=O)O1. The minimum atomic E-state index is -0.700. The first kappa shape index (κ1) is 14.1. The molecule has 1 heterocycles. The highest BCUT2D eigenvalue weighted by Gasteiger charge is 2.34. The Labute approximate surface area is 113 Å². The Kier molecular flexibility index (Phi) is 3.99. The molecule has 19 heavy (non-hydrogen) atoms. The van der Waals surface area contributed by atoms with Crippen molar-refractivity contribution in [2.45, 2.75) is 45.3 Å². The smallest absolute Gasteiger partial charge is 0.317 e. The minimum Gasteiger partial charge on any atom is -0.367 e. The topological polar surface area (TPSA) is 84.7 Å². The average Bonchev–Trinajstić information content (AvgIpc) is 2.32. The molecule has 1 saturated carbocycles. The van der Waals surface area contributed by atoms with Gasteiger partial charge in [0.2, 0.25) is 5.91 Å². The van der Waals surface area contributed by atoms with Crippen molar-refractivity contribution in [1.29, 1.82) is 0 Å². The van der Waals surface area contributed by atoms with Crippen LogP contribution in [0.25, 0.3) is 0 Å². The maximum Gasteiger partial charge on any atom is 0.317 e. The number of carbonyl (C=O) groups excluding carboxylic acids is 2. The van der Waals surface area contributed by atoms with Crippen LogP contribution in [0.5, 0.6) is 0 Å². The first-order valence-electron chi connectivity index (χ1n) is 6.87. The van der Waals surface area contributed by atoms with Gasteiger partial charge < -0.3 is 20.7 Å². The molecule has 3 amide bonds. The summed E-state index contributed by atoms with van der Waals surface area (Å²) in [6.45, 7) is 5.45. The summed E-state index contributed by atoms with van der Waals surface area (Å²) in [4.78, 5) is 24.9. The maximum atomic E-state index is 12.1. The molecule has 0 aromatic heterocycles. The van der Waals surface area contributed by atoms with E-state index in [0.29, 0.717) is 13.1 Å². The van der Waals surface area contributed by atoms with Crippen molar-refractivity contribution in [2.24, 2.45) is 11.1 Å². The molecule has 0 aromatic carbocycles. The van der Waals surface area contributed by atoms with Gasteiger partial charge in [-0.05, 0) is 25.2 Å². The molecule has 6 nitrogen and oxygen atoms in total. The molecule has 0 aromatic rings. The standard InChI is InChI=1S/C13H23N3O3/c1-9-6-16(7-10(19-9)11(14)17)12(18)15-8-13(2)4-3-5-13/h9-10H,3-8H2,1-2H3,(H2,14,17)(H,15,18)/t9-,10+/m1/s1. The number of nitrogens with one attached hydrogen (secondary N) is 1. The number of amides is 3. The number of morpholine rings is 1. The molecule has 0 bridgehead atoms. The Morgan fingerprint density at radius 1 is 1.42 bits per heavy atom. The highest BCUT2D eigenvalue weighted by atomic mass is 16.5. The van der Waals surface area contributed by atoms with Crippen LogP contribution >= 0.6 is 0 Å². The van der Waals surface area contributed by atoms with Crippen molar-refractivity contribution >= 4 is 11.9 Å². The van der Waals surface area contributed by atoms with Gasteiger partial charge in [-0.15, -0.1) is 0 Å². The molecule has 1 aliphatic carbocycles. The monoisotopic (exact) mass is 269 g/mol. The number of nitrogens with two attached hydrogens (primary N) is 1. The van der Waals surface area contributed by atoms with E-state index in [0.717, 1.165) is 12.8 Å². The third-order valence-corrected chi connectivity index (χ3v) is 4.09. The van der Waals surface area contributed by atoms with Crippen LogP contribution in [0.4, 0.5) is 4.79 Å². The largest absolute Gasteiger partial charge is 0.367 e. The first-order chi connectivity index (χ1) is 8.89. The summed E-state index contributed by atoms with van der Waals surface area (Å²) in [5, 5.41) is 2.95. The van der Waals surface area contributed by atoms with Crippen LogP contribution in [-0.2, 0) is 9.53 Å². The zero-order chi connectivity index (χ0) is 14.0. The number of ether oxygens (including phenoxy) is 1. The Bertz CT molecular complexity index is 368. The highest BCUT2D eigenvalue weighted by molar-refractivity contribution is 5.81. The molecule has 0 radical (unpaired) electrons. The third-order valence-electron chi connectivity index (χ3n) is 4.09. The maximum absolute atomic E-state index is 12.1. The van der Waals surface area contributed by atoms with Crippen molar-refractivity contribution in [1.82, 2.24) is 10.2 Å². The second-order valence-corrected chi connectivity index (χ2v) is 6.07. The molecule has 0 unspecified atom stereocenters. The molecule has 0 spiro atoms. The van der Waals surface area contributed by atoms with Crippen molar-refractivity contribution in [3.05, 3.63) is 0 Å². The molecule has 1 aliphatic heterocycles. The van der Waals surface area contributed by atoms with Gasteiger partial charge in [-0.25, -0.2) is 4.79 Å². The van der Waals surface area contributed by atoms with E-state index in [9.17, 15) is 9.59 Å². The van der Waals surface area contributed by atoms with Gasteiger partial charge in [0.25, 0.3) is 0 Å². The summed E-state index contributed by atoms with van der Waals surface area (Å²) < 4.78 is 5.41. The number of rotatable bonds is 3. The van der Waals surface area contributed by atoms with Gasteiger partial charge in [-0.3, -0.25) is 4.79 Å². The zero-order valence-electron chi connectivity index (χ0n) is 11.6. The van der Waals surface area contributed by atoms with E-state index in [2.05, 4.69) is 12.2 Å². The fourth-order valence-electron chi connectivity index (χ4n) is 2.63. The molecule has 2 fully saturated rings. The van der Waals surface area contributed by atoms with E-state index in [4.69, 9.17) is 10.5 Å². The molecule has 6 heteroatoms. The highest BCUT2D eigenvalue weighted by Crippen LogP contribution is 2.39. The normalized spacial score (nSPS) is 29.5. The summed E-state index contributed by atoms with van der Waals surface area (Å²) in [6.07, 6.45) is 2.70. The molecule has 108 valence electrons. The van der Waals surface area contributed by atoms with Crippen molar-refractivity contribution < 1.29 is 14.3 Å². The number of hydrogen-bond donors (Lipinski definition) is 2. The quantitative estimate of drug-likeness (QED) is 0.780. The molecule has 2 rings (SSSR count). The number of nitrogens with zero attached hydrogens (tertiary/aromatic N) is 1. The van der Waals surface area contributed by atoms with E-state index in [1.54, 1.807) is 4.90 Å². The Balaban J connectivity index is 1.85. The van der Waals surface area contributed by atoms with Crippen molar-refractivity contribution in [3.8, 4) is 0 Å². The lowest BCUT2D eigenvalue weighted by Gasteiger charge is -2.40. The van der Waals surface area contributed by atoms with Crippen LogP contribution in [0.2, 0.25) is 0 Å². The van der Waals surface area contributed by atoms with E-state index in [-0.39, 0.29) is 24.1 Å². The average molecular weight is 269 g/mol. The summed E-state index contributed by atoms with van der Waals surface area (Å²) >= 11 is 0. The number of hydrogen-bond acceptors (Lipinski definition) is 3. The Hall–Kier alpha value is -1.30. The van der Waals surface area contributed by atoms with Crippen LogP contribution < -0.4 is 11.1 Å². The fourth-order valence-corrected chi connectivity index (χ4v) is 2.63. The Morgan fingerprint density at radius 2 is 2.11 bits per heavy atom. The van der Waals surface area contributed by atoms with Gasteiger partial charge in [0.1, 0.15) is 0 Å². The van der Waals surface area contributed by atoms with Crippen LogP contribution in [0.15, 0.2) is 0 Å². The molecule has 1 saturated heterocycles. The predicted octanol–water partition coefficient (Wildman–Crippen LogP) is 0.461. The lowest BCUT2D eigenvalue weighted by molar-refractivity contribution is -0.139. The molecule has 2 atom stereocenters. The first-order valence-corrected chi connectivity index (χ1v) is 6.87. The van der Waals surface area contributed by atoms with Gasteiger partial charge in [0, 0.05) is 13.1 Å². The van der Waals surface area contributed by atoms with Crippen LogP contribution in [-0.4, -0.2) is 48.7 Å². The molecular formula is C13H23N3O3. The van der Waals surface area contributed by atoms with E-state index in [1.807, 2.05) is 6.92 Å². The molecular weight excluding hydrogens is 246 g/mol. The number of urea groups is 1. The molecule has 2 aliphatic rings. The van der Waals surface area contributed by atoms with Gasteiger partial charge in [-0.1, -0.05) is 13.3 Å². The van der Waals surface area contributed by atoms with Gasteiger partial charge >= 0.3 is 6.03 Å². The van der Waals surface area contributed by atoms with Gasteiger partial charge in [0.15, 0.2) is 6.10 Å². The summed E-state index contributed by atoms with van der Waals surface area (Å²) in [6, 6.07) is -0.130. The predicted molar refractivity (Wildman–Crippen MR) is 70.5 cm³/mol. The van der Waals surface area contributed by atoms with E-state index < -0.39 is 12.0 Å². The minimum absolute atomic E-state index is 0.130. The zero-order valence-corrected chi connectivity index (χ0v) is 11.6. The van der Waals surface area contributed by atoms with Crippen LogP contribution in [0, 0.1) is 5.41 Å². The van der Waals surface area contributed by atoms with Crippen molar-refractivity contribution in [2.75, 3.05) is 19.6 Å². The summed E-state index contributed by atoms with van der Waals surface area (Å²) in [7, 11) is 0. The number of carbonyl (C=O) groups is 2. The lowest BCUT2D eigenvalue weighted by Crippen LogP contribution is -2.56. The second-order valence-electron chi connectivity index (χ2n) is 6.07. The van der Waals surface area contributed by atoms with E-state index in [1.165, 1.54) is 6.42 Å². The third kappa shape index (κ3) is 3.37.